The van der Waals surface area contributed by atoms with Crippen LogP contribution in [0.15, 0.2) is 58.2 Å². The summed E-state index contributed by atoms with van der Waals surface area (Å²) in [6, 6.07) is 11.5. The molecular weight excluding hydrogens is 524 g/mol. The van der Waals surface area contributed by atoms with Crippen molar-refractivity contribution < 1.29 is 33.3 Å². The summed E-state index contributed by atoms with van der Waals surface area (Å²) in [5.74, 6) is -0.179. The average molecular weight is 565 g/mol. The monoisotopic (exact) mass is 564 g/mol. The van der Waals surface area contributed by atoms with Gasteiger partial charge in [-0.25, -0.2) is 0 Å². The smallest absolute Gasteiger partial charge is 0.290 e. The Labute approximate surface area is 241 Å². The van der Waals surface area contributed by atoms with Gasteiger partial charge < -0.3 is 33.5 Å². The maximum Gasteiger partial charge on any atom is 0.290 e. The second-order valence-corrected chi connectivity index (χ2v) is 9.97. The largest absolute Gasteiger partial charge is 0.503 e. The molecule has 220 valence electrons. The average Bonchev–Trinajstić information content (AvgIpc) is 3.54. The van der Waals surface area contributed by atoms with Crippen molar-refractivity contribution in [2.45, 2.75) is 46.1 Å². The van der Waals surface area contributed by atoms with E-state index in [1.54, 1.807) is 42.3 Å². The molecule has 0 fully saturated rings. The van der Waals surface area contributed by atoms with E-state index in [1.807, 2.05) is 12.1 Å². The maximum absolute atomic E-state index is 14.0. The van der Waals surface area contributed by atoms with Crippen molar-refractivity contribution in [1.82, 2.24) is 9.80 Å². The molecule has 41 heavy (non-hydrogen) atoms. The van der Waals surface area contributed by atoms with Gasteiger partial charge in [0.2, 0.25) is 5.78 Å². The second kappa shape index (κ2) is 13.6. The number of likely N-dealkylation sites (N-methyl/N-ethyl adjacent to an activating group) is 1. The molecule has 1 aliphatic rings. The Balaban J connectivity index is 1.75. The van der Waals surface area contributed by atoms with Crippen molar-refractivity contribution in [3.05, 3.63) is 65.1 Å². The maximum atomic E-state index is 14.0. The minimum absolute atomic E-state index is 0.0114. The number of aliphatic hydroxyl groups excluding tert-OH is 1. The van der Waals surface area contributed by atoms with Gasteiger partial charge >= 0.3 is 0 Å². The molecule has 1 unspecified atom stereocenters. The van der Waals surface area contributed by atoms with Gasteiger partial charge in [0.05, 0.1) is 32.4 Å². The predicted octanol–water partition coefficient (Wildman–Crippen LogP) is 5.94. The third-order valence-electron chi connectivity index (χ3n) is 7.56. The fourth-order valence-electron chi connectivity index (χ4n) is 5.20. The zero-order chi connectivity index (χ0) is 29.5. The van der Waals surface area contributed by atoms with Gasteiger partial charge in [-0.05, 0) is 49.3 Å². The van der Waals surface area contributed by atoms with E-state index in [2.05, 4.69) is 25.7 Å². The first-order valence-electron chi connectivity index (χ1n) is 14.3. The topological polar surface area (TPSA) is 102 Å². The van der Waals surface area contributed by atoms with Crippen LogP contribution in [0.3, 0.4) is 0 Å². The van der Waals surface area contributed by atoms with Gasteiger partial charge in [0.25, 0.3) is 5.91 Å². The summed E-state index contributed by atoms with van der Waals surface area (Å²) in [5.41, 5.74) is 1.01. The lowest BCUT2D eigenvalue weighted by Crippen LogP contribution is -2.38. The number of carbonyl (C=O) groups excluding carboxylic acids is 2. The van der Waals surface area contributed by atoms with Gasteiger partial charge in [0.1, 0.15) is 0 Å². The Kier molecular flexibility index (Phi) is 9.94. The van der Waals surface area contributed by atoms with Crippen molar-refractivity contribution in [1.29, 1.82) is 0 Å². The van der Waals surface area contributed by atoms with Crippen LogP contribution >= 0.6 is 0 Å². The highest BCUT2D eigenvalue weighted by atomic mass is 16.5. The molecule has 0 saturated heterocycles. The molecule has 9 heteroatoms. The van der Waals surface area contributed by atoms with Crippen molar-refractivity contribution in [3.63, 3.8) is 0 Å². The molecule has 9 nitrogen and oxygen atoms in total. The van der Waals surface area contributed by atoms with Gasteiger partial charge in [-0.15, -0.1) is 0 Å². The highest BCUT2D eigenvalue weighted by Crippen LogP contribution is 2.42. The number of aliphatic hydroxyl groups is 1. The van der Waals surface area contributed by atoms with Crippen LogP contribution < -0.4 is 14.2 Å². The Morgan fingerprint density at radius 2 is 1.76 bits per heavy atom. The van der Waals surface area contributed by atoms with Crippen LogP contribution in [-0.2, 0) is 4.79 Å². The molecule has 0 spiro atoms. The number of rotatable bonds is 15. The number of hydrogen-bond acceptors (Lipinski definition) is 8. The molecule has 4 rings (SSSR count). The van der Waals surface area contributed by atoms with Gasteiger partial charge in [-0.3, -0.25) is 9.59 Å². The number of hydrogen-bond donors (Lipinski definition) is 1. The number of methoxy groups -OCH3 is 2. The third-order valence-corrected chi connectivity index (χ3v) is 7.56. The number of ketones is 1. The standard InChI is InChI=1S/C32H40N2O7/c1-6-9-10-18-40-23-15-14-21(19-25(23)39-5)28-27(30(36)32(37)34(28)17-16-33(7-2)8-3)29(35)26-20-22-12-11-13-24(38-4)31(22)41-26/h11-15,19-20,28,36H,6-10,16-18H2,1-5H3. The van der Waals surface area contributed by atoms with E-state index >= 15 is 0 Å². The van der Waals surface area contributed by atoms with Gasteiger partial charge in [-0.1, -0.05) is 51.8 Å². The van der Waals surface area contributed by atoms with Crippen molar-refractivity contribution in [3.8, 4) is 17.2 Å². The van der Waals surface area contributed by atoms with Gasteiger partial charge in [-0.2, -0.15) is 0 Å². The highest BCUT2D eigenvalue weighted by Gasteiger charge is 2.44. The van der Waals surface area contributed by atoms with Gasteiger partial charge in [0.15, 0.2) is 34.4 Å². The molecule has 1 atom stereocenters. The van der Waals surface area contributed by atoms with Crippen LogP contribution in [0.5, 0.6) is 17.2 Å². The molecule has 2 aromatic carbocycles. The summed E-state index contributed by atoms with van der Waals surface area (Å²) in [4.78, 5) is 31.2. The predicted molar refractivity (Wildman–Crippen MR) is 157 cm³/mol. The zero-order valence-corrected chi connectivity index (χ0v) is 24.6. The lowest BCUT2D eigenvalue weighted by atomic mass is 9.94. The zero-order valence-electron chi connectivity index (χ0n) is 24.6. The van der Waals surface area contributed by atoms with E-state index in [1.165, 1.54) is 7.11 Å². The van der Waals surface area contributed by atoms with Crippen LogP contribution in [0.25, 0.3) is 11.0 Å². The molecule has 0 bridgehead atoms. The Hall–Kier alpha value is -3.98. The number of para-hydroxylation sites is 1. The molecule has 0 saturated carbocycles. The summed E-state index contributed by atoms with van der Waals surface area (Å²) in [6.07, 6.45) is 3.08. The van der Waals surface area contributed by atoms with E-state index in [0.29, 0.717) is 53.5 Å². The molecule has 2 heterocycles. The summed E-state index contributed by atoms with van der Waals surface area (Å²) < 4.78 is 22.9. The van der Waals surface area contributed by atoms with Crippen LogP contribution in [0.1, 0.15) is 62.2 Å². The molecule has 1 aromatic heterocycles. The first kappa shape index (κ1) is 30.0. The number of unbranched alkanes of at least 4 members (excludes halogenated alkanes) is 2. The fraction of sp³-hybridized carbons (Fsp3) is 0.438. The van der Waals surface area contributed by atoms with Crippen molar-refractivity contribution in [2.75, 3.05) is 47.0 Å². The first-order valence-corrected chi connectivity index (χ1v) is 14.3. The number of Topliss-reactive ketones (excluding diaryl/α,β-unsaturated/α-hetero) is 1. The molecule has 0 radical (unpaired) electrons. The second-order valence-electron chi connectivity index (χ2n) is 9.97. The third kappa shape index (κ3) is 6.20. The first-order chi connectivity index (χ1) is 19.9. The number of nitrogens with zero attached hydrogens (tertiary/aromatic N) is 2. The lowest BCUT2D eigenvalue weighted by Gasteiger charge is -2.29. The Bertz CT molecular complexity index is 1410. The minimum Gasteiger partial charge on any atom is -0.503 e. The summed E-state index contributed by atoms with van der Waals surface area (Å²) in [6.45, 7) is 9.32. The number of amides is 1. The molecular formula is C32H40N2O7. The van der Waals surface area contributed by atoms with E-state index in [-0.39, 0.29) is 11.3 Å². The van der Waals surface area contributed by atoms with Crippen LogP contribution in [0.4, 0.5) is 0 Å². The van der Waals surface area contributed by atoms with Crippen LogP contribution in [-0.4, -0.2) is 73.6 Å². The molecule has 1 N–H and O–H groups in total. The van der Waals surface area contributed by atoms with Crippen molar-refractivity contribution in [2.24, 2.45) is 0 Å². The summed E-state index contributed by atoms with van der Waals surface area (Å²) in [7, 11) is 3.08. The molecule has 0 aliphatic carbocycles. The summed E-state index contributed by atoms with van der Waals surface area (Å²) >= 11 is 0. The lowest BCUT2D eigenvalue weighted by molar-refractivity contribution is -0.129. The Morgan fingerprint density at radius 3 is 2.44 bits per heavy atom. The van der Waals surface area contributed by atoms with E-state index in [0.717, 1.165) is 32.4 Å². The van der Waals surface area contributed by atoms with Crippen molar-refractivity contribution >= 4 is 22.7 Å². The normalized spacial score (nSPS) is 15.3. The van der Waals surface area contributed by atoms with Crippen LogP contribution in [0.2, 0.25) is 0 Å². The number of benzene rings is 2. The number of carbonyl (C=O) groups is 2. The van der Waals surface area contributed by atoms with E-state index < -0.39 is 23.5 Å². The molecule has 1 amide bonds. The van der Waals surface area contributed by atoms with E-state index in [9.17, 15) is 14.7 Å². The molecule has 1 aliphatic heterocycles. The van der Waals surface area contributed by atoms with Crippen LogP contribution in [0, 0.1) is 0 Å². The van der Waals surface area contributed by atoms with Gasteiger partial charge in [0, 0.05) is 18.5 Å². The van der Waals surface area contributed by atoms with E-state index in [4.69, 9.17) is 18.6 Å². The summed E-state index contributed by atoms with van der Waals surface area (Å²) in [5, 5.41) is 11.8. The Morgan fingerprint density at radius 1 is 1.00 bits per heavy atom. The number of ether oxygens (including phenoxy) is 3. The highest BCUT2D eigenvalue weighted by molar-refractivity contribution is 6.16. The SMILES string of the molecule is CCCCCOc1ccc(C2C(C(=O)c3cc4cccc(OC)c4o3)=C(O)C(=O)N2CCN(CC)CC)cc1OC. The minimum atomic E-state index is -0.844. The number of furan rings is 1. The molecule has 3 aromatic rings. The quantitative estimate of drug-likeness (QED) is 0.179. The number of fused-ring (bicyclic) bond motifs is 1. The fourth-order valence-corrected chi connectivity index (χ4v) is 5.20.